The van der Waals surface area contributed by atoms with E-state index in [9.17, 15) is 0 Å². The predicted octanol–water partition coefficient (Wildman–Crippen LogP) is 3.83. The van der Waals surface area contributed by atoms with Gasteiger partial charge in [0.2, 0.25) is 5.89 Å². The Morgan fingerprint density at radius 1 is 1.04 bits per heavy atom. The lowest BCUT2D eigenvalue weighted by Gasteiger charge is -2.19. The number of benzene rings is 1. The Labute approximate surface area is 140 Å². The lowest BCUT2D eigenvalue weighted by molar-refractivity contribution is 0.259. The lowest BCUT2D eigenvalue weighted by Crippen LogP contribution is -2.10. The third-order valence-corrected chi connectivity index (χ3v) is 3.60. The molecule has 6 heteroatoms. The van der Waals surface area contributed by atoms with Gasteiger partial charge in [0.15, 0.2) is 6.61 Å². The summed E-state index contributed by atoms with van der Waals surface area (Å²) in [4.78, 5) is 0. The molecule has 2 aromatic heterocycles. The van der Waals surface area contributed by atoms with Gasteiger partial charge in [-0.2, -0.15) is 0 Å². The molecular weight excluding hydrogens is 306 g/mol. The van der Waals surface area contributed by atoms with Gasteiger partial charge in [-0.25, -0.2) is 0 Å². The van der Waals surface area contributed by atoms with Crippen molar-refractivity contribution >= 4 is 0 Å². The van der Waals surface area contributed by atoms with Gasteiger partial charge in [-0.3, -0.25) is 0 Å². The molecule has 0 aliphatic rings. The molecule has 6 nitrogen and oxygen atoms in total. The predicted molar refractivity (Wildman–Crippen MR) is 87.8 cm³/mol. The molecule has 1 aromatic carbocycles. The number of aromatic nitrogens is 3. The number of hydrogen-bond acceptors (Lipinski definition) is 6. The summed E-state index contributed by atoms with van der Waals surface area (Å²) in [6.45, 7) is 8.62. The zero-order valence-electron chi connectivity index (χ0n) is 14.4. The summed E-state index contributed by atoms with van der Waals surface area (Å²) >= 11 is 0. The van der Waals surface area contributed by atoms with Crippen molar-refractivity contribution in [1.82, 2.24) is 15.4 Å². The van der Waals surface area contributed by atoms with Crippen LogP contribution in [0.25, 0.3) is 0 Å². The molecule has 126 valence electrons. The largest absolute Gasteiger partial charge is 0.484 e. The van der Waals surface area contributed by atoms with Crippen molar-refractivity contribution in [2.45, 2.75) is 46.1 Å². The normalized spacial score (nSPS) is 11.7. The van der Waals surface area contributed by atoms with Crippen LogP contribution in [0.2, 0.25) is 0 Å². The van der Waals surface area contributed by atoms with E-state index in [0.717, 1.165) is 17.2 Å². The van der Waals surface area contributed by atoms with E-state index in [-0.39, 0.29) is 12.0 Å². The third-order valence-electron chi connectivity index (χ3n) is 3.60. The molecule has 0 saturated carbocycles. The molecule has 0 N–H and O–H groups in total. The van der Waals surface area contributed by atoms with Crippen LogP contribution in [0.1, 0.15) is 49.6 Å². The molecule has 0 amide bonds. The molecule has 0 atom stereocenters. The Bertz CT molecular complexity index is 798. The summed E-state index contributed by atoms with van der Waals surface area (Å²) in [6.07, 6.45) is 0.449. The minimum absolute atomic E-state index is 0.124. The number of rotatable bonds is 5. The first-order valence-corrected chi connectivity index (χ1v) is 7.87. The Morgan fingerprint density at radius 2 is 1.75 bits per heavy atom. The number of aryl methyl sites for hydroxylation is 1. The molecule has 0 bridgehead atoms. The van der Waals surface area contributed by atoms with Crippen molar-refractivity contribution in [3.8, 4) is 5.75 Å². The average Bonchev–Trinajstić information content (AvgIpc) is 3.14. The van der Waals surface area contributed by atoms with Gasteiger partial charge in [-0.15, -0.1) is 10.2 Å². The first-order valence-electron chi connectivity index (χ1n) is 7.87. The van der Waals surface area contributed by atoms with E-state index in [1.165, 1.54) is 5.56 Å². The summed E-state index contributed by atoms with van der Waals surface area (Å²) in [6, 6.07) is 9.90. The quantitative estimate of drug-likeness (QED) is 0.709. The van der Waals surface area contributed by atoms with Gasteiger partial charge < -0.3 is 13.7 Å². The van der Waals surface area contributed by atoms with Crippen LogP contribution >= 0.6 is 0 Å². The Morgan fingerprint density at radius 3 is 2.38 bits per heavy atom. The van der Waals surface area contributed by atoms with Crippen molar-refractivity contribution in [3.63, 3.8) is 0 Å². The van der Waals surface area contributed by atoms with E-state index in [2.05, 4.69) is 48.3 Å². The second kappa shape index (κ2) is 6.47. The fraction of sp³-hybridized carbons (Fsp3) is 0.389. The van der Waals surface area contributed by atoms with E-state index in [1.54, 1.807) is 0 Å². The number of ether oxygens (including phenoxy) is 1. The third kappa shape index (κ3) is 4.01. The fourth-order valence-electron chi connectivity index (χ4n) is 2.27. The van der Waals surface area contributed by atoms with Crippen molar-refractivity contribution in [3.05, 3.63) is 59.1 Å². The van der Waals surface area contributed by atoms with Crippen LogP contribution in [0.4, 0.5) is 0 Å². The maximum Gasteiger partial charge on any atom is 0.253 e. The zero-order chi connectivity index (χ0) is 17.2. The van der Waals surface area contributed by atoms with E-state index in [0.29, 0.717) is 18.2 Å². The highest BCUT2D eigenvalue weighted by molar-refractivity contribution is 5.31. The van der Waals surface area contributed by atoms with Crippen molar-refractivity contribution in [2.75, 3.05) is 0 Å². The molecule has 0 radical (unpaired) electrons. The highest BCUT2D eigenvalue weighted by Gasteiger charge is 2.13. The summed E-state index contributed by atoms with van der Waals surface area (Å²) in [5.74, 6) is 2.46. The summed E-state index contributed by atoms with van der Waals surface area (Å²) in [7, 11) is 0. The first kappa shape index (κ1) is 16.2. The summed E-state index contributed by atoms with van der Waals surface area (Å²) < 4.78 is 16.3. The maximum atomic E-state index is 5.70. The molecule has 0 unspecified atom stereocenters. The van der Waals surface area contributed by atoms with Gasteiger partial charge in [0.1, 0.15) is 11.5 Å². The highest BCUT2D eigenvalue weighted by Crippen LogP contribution is 2.24. The fourth-order valence-corrected chi connectivity index (χ4v) is 2.27. The number of hydrogen-bond donors (Lipinski definition) is 0. The standard InChI is InChI=1S/C18H21N3O3/c1-12-9-14(21-24-12)10-16-19-20-17(23-16)11-22-15-7-5-13(6-8-15)18(2,3)4/h5-9H,10-11H2,1-4H3. The minimum atomic E-state index is 0.124. The Hall–Kier alpha value is -2.63. The molecule has 0 aliphatic heterocycles. The maximum absolute atomic E-state index is 5.70. The second-order valence-electron chi connectivity index (χ2n) is 6.76. The van der Waals surface area contributed by atoms with Crippen LogP contribution in [0.5, 0.6) is 5.75 Å². The van der Waals surface area contributed by atoms with Crippen molar-refractivity contribution < 1.29 is 13.7 Å². The number of nitrogens with zero attached hydrogens (tertiary/aromatic N) is 3. The Kier molecular flexibility index (Phi) is 4.38. The van der Waals surface area contributed by atoms with Crippen LogP contribution in [0.3, 0.4) is 0 Å². The molecule has 0 fully saturated rings. The monoisotopic (exact) mass is 327 g/mol. The SMILES string of the molecule is Cc1cc(Cc2nnc(COc3ccc(C(C)(C)C)cc3)o2)no1. The molecule has 0 saturated heterocycles. The van der Waals surface area contributed by atoms with Crippen molar-refractivity contribution in [2.24, 2.45) is 0 Å². The smallest absolute Gasteiger partial charge is 0.253 e. The summed E-state index contributed by atoms with van der Waals surface area (Å²) in [5.41, 5.74) is 2.15. The lowest BCUT2D eigenvalue weighted by atomic mass is 9.87. The molecular formula is C18H21N3O3. The molecule has 0 aliphatic carbocycles. The minimum Gasteiger partial charge on any atom is -0.484 e. The van der Waals surface area contributed by atoms with E-state index < -0.39 is 0 Å². The summed E-state index contributed by atoms with van der Waals surface area (Å²) in [5, 5.41) is 11.9. The average molecular weight is 327 g/mol. The van der Waals surface area contributed by atoms with Crippen LogP contribution in [0.15, 0.2) is 39.3 Å². The van der Waals surface area contributed by atoms with Gasteiger partial charge in [0.05, 0.1) is 12.1 Å². The molecule has 3 rings (SSSR count). The van der Waals surface area contributed by atoms with Gasteiger partial charge in [-0.05, 0) is 30.0 Å². The molecule has 2 heterocycles. The van der Waals surface area contributed by atoms with Crippen LogP contribution < -0.4 is 4.74 Å². The van der Waals surface area contributed by atoms with Crippen LogP contribution in [0, 0.1) is 6.92 Å². The van der Waals surface area contributed by atoms with E-state index >= 15 is 0 Å². The highest BCUT2D eigenvalue weighted by atomic mass is 16.5. The molecule has 24 heavy (non-hydrogen) atoms. The topological polar surface area (TPSA) is 74.2 Å². The van der Waals surface area contributed by atoms with Gasteiger partial charge in [-0.1, -0.05) is 38.1 Å². The zero-order valence-corrected chi connectivity index (χ0v) is 14.4. The first-order chi connectivity index (χ1) is 11.4. The van der Waals surface area contributed by atoms with Gasteiger partial charge in [0.25, 0.3) is 5.89 Å². The Balaban J connectivity index is 1.57. The van der Waals surface area contributed by atoms with Crippen LogP contribution in [-0.2, 0) is 18.4 Å². The van der Waals surface area contributed by atoms with Gasteiger partial charge >= 0.3 is 0 Å². The van der Waals surface area contributed by atoms with Gasteiger partial charge in [0, 0.05) is 6.07 Å². The van der Waals surface area contributed by atoms with Crippen molar-refractivity contribution in [1.29, 1.82) is 0 Å². The van der Waals surface area contributed by atoms with Crippen LogP contribution in [-0.4, -0.2) is 15.4 Å². The molecule has 0 spiro atoms. The second-order valence-corrected chi connectivity index (χ2v) is 6.76. The van der Waals surface area contributed by atoms with E-state index in [4.69, 9.17) is 13.7 Å². The van der Waals surface area contributed by atoms with E-state index in [1.807, 2.05) is 25.1 Å². The molecule has 3 aromatic rings.